The van der Waals surface area contributed by atoms with Crippen LogP contribution >= 0.6 is 0 Å². The number of halogens is 1. The summed E-state index contributed by atoms with van der Waals surface area (Å²) < 4.78 is 21.6. The van der Waals surface area contributed by atoms with Gasteiger partial charge in [-0.3, -0.25) is 4.79 Å². The Morgan fingerprint density at radius 1 is 1.09 bits per heavy atom. The highest BCUT2D eigenvalue weighted by Crippen LogP contribution is 2.66. The molecule has 7 heteroatoms. The van der Waals surface area contributed by atoms with Crippen LogP contribution in [0.15, 0.2) is 72.6 Å². The Morgan fingerprint density at radius 3 is 2.75 bits per heavy atom. The van der Waals surface area contributed by atoms with Crippen molar-refractivity contribution in [3.05, 3.63) is 89.6 Å². The number of Topliss-reactive ketones (excluding diaryl/α,β-unsaturated/α-hetero) is 1. The van der Waals surface area contributed by atoms with E-state index in [1.807, 2.05) is 41.2 Å². The van der Waals surface area contributed by atoms with Gasteiger partial charge in [-0.15, -0.1) is 0 Å². The molecule has 6 nitrogen and oxygen atoms in total. The van der Waals surface area contributed by atoms with Crippen LogP contribution < -0.4 is 4.74 Å². The molecule has 4 aliphatic carbocycles. The van der Waals surface area contributed by atoms with E-state index in [1.54, 1.807) is 18.3 Å². The number of ether oxygens (including phenoxy) is 1. The summed E-state index contributed by atoms with van der Waals surface area (Å²) in [5.74, 6) is 1.11. The molecule has 0 amide bonds. The van der Waals surface area contributed by atoms with Gasteiger partial charge in [0.15, 0.2) is 5.78 Å². The average Bonchev–Trinajstić information content (AvgIpc) is 3.58. The predicted molar refractivity (Wildman–Crippen MR) is 167 cm³/mol. The van der Waals surface area contributed by atoms with E-state index in [4.69, 9.17) is 9.84 Å². The van der Waals surface area contributed by atoms with Crippen molar-refractivity contribution in [2.24, 2.45) is 34.5 Å². The van der Waals surface area contributed by atoms with Crippen LogP contribution in [0, 0.1) is 40.3 Å². The van der Waals surface area contributed by atoms with Gasteiger partial charge >= 0.3 is 0 Å². The fourth-order valence-corrected chi connectivity index (χ4v) is 9.95. The van der Waals surface area contributed by atoms with E-state index in [1.165, 1.54) is 23.3 Å². The van der Waals surface area contributed by atoms with E-state index in [2.05, 4.69) is 24.9 Å². The predicted octanol–water partition coefficient (Wildman–Crippen LogP) is 6.98. The summed E-state index contributed by atoms with van der Waals surface area (Å²) in [4.78, 5) is 18.2. The minimum absolute atomic E-state index is 0.00357. The van der Waals surface area contributed by atoms with Gasteiger partial charge in [-0.05, 0) is 121 Å². The zero-order valence-electron chi connectivity index (χ0n) is 25.2. The Morgan fingerprint density at radius 2 is 1.91 bits per heavy atom. The van der Waals surface area contributed by atoms with Crippen LogP contribution in [0.4, 0.5) is 4.39 Å². The van der Waals surface area contributed by atoms with Gasteiger partial charge in [0, 0.05) is 17.5 Å². The number of allylic oxidation sites excluding steroid dienone is 1. The number of nitrogens with zero attached hydrogens (tertiary/aromatic N) is 3. The molecule has 2 aromatic heterocycles. The van der Waals surface area contributed by atoms with Gasteiger partial charge < -0.3 is 9.84 Å². The van der Waals surface area contributed by atoms with Crippen molar-refractivity contribution in [3.63, 3.8) is 0 Å². The molecule has 4 aliphatic rings. The van der Waals surface area contributed by atoms with Gasteiger partial charge in [-0.1, -0.05) is 37.6 Å². The molecule has 4 aromatic rings. The third kappa shape index (κ3) is 4.12. The average molecular weight is 592 g/mol. The van der Waals surface area contributed by atoms with E-state index in [0.717, 1.165) is 54.3 Å². The molecule has 8 rings (SSSR count). The van der Waals surface area contributed by atoms with E-state index >= 15 is 0 Å². The van der Waals surface area contributed by atoms with Crippen LogP contribution in [0.1, 0.15) is 57.2 Å². The normalized spacial score (nSPS) is 32.3. The molecule has 3 saturated carbocycles. The summed E-state index contributed by atoms with van der Waals surface area (Å²) in [7, 11) is 0. The molecule has 7 atom stereocenters. The second kappa shape index (κ2) is 10.1. The third-order valence-electron chi connectivity index (χ3n) is 11.9. The summed E-state index contributed by atoms with van der Waals surface area (Å²) >= 11 is 0. The maximum absolute atomic E-state index is 13.8. The van der Waals surface area contributed by atoms with Crippen molar-refractivity contribution in [2.75, 3.05) is 6.61 Å². The summed E-state index contributed by atoms with van der Waals surface area (Å²) in [6.45, 7) is 4.59. The molecule has 2 aromatic carbocycles. The van der Waals surface area contributed by atoms with Gasteiger partial charge in [0.2, 0.25) is 5.88 Å². The Kier molecular flexibility index (Phi) is 6.35. The lowest BCUT2D eigenvalue weighted by Gasteiger charge is -2.59. The zero-order chi connectivity index (χ0) is 30.2. The Balaban J connectivity index is 1.03. The lowest BCUT2D eigenvalue weighted by atomic mass is 9.46. The quantitative estimate of drug-likeness (QED) is 0.271. The van der Waals surface area contributed by atoms with Crippen molar-refractivity contribution in [3.8, 4) is 11.6 Å². The molecule has 7 unspecified atom stereocenters. The fraction of sp³-hybridized carbons (Fsp3) is 0.432. The smallest absolute Gasteiger partial charge is 0.221 e. The van der Waals surface area contributed by atoms with E-state index < -0.39 is 6.10 Å². The first-order chi connectivity index (χ1) is 21.3. The molecule has 3 fully saturated rings. The maximum atomic E-state index is 13.8. The van der Waals surface area contributed by atoms with E-state index in [-0.39, 0.29) is 40.9 Å². The largest absolute Gasteiger partial charge is 0.469 e. The summed E-state index contributed by atoms with van der Waals surface area (Å²) in [6, 6.07) is 16.3. The molecular weight excluding hydrogens is 553 g/mol. The van der Waals surface area contributed by atoms with Crippen molar-refractivity contribution < 1.29 is 19.0 Å². The number of fused-ring (bicyclic) bond motifs is 7. The number of ketones is 1. The molecule has 0 bridgehead atoms. The molecule has 0 spiro atoms. The lowest BCUT2D eigenvalue weighted by Crippen LogP contribution is -2.57. The first-order valence-electron chi connectivity index (χ1n) is 16.0. The molecule has 0 aliphatic heterocycles. The van der Waals surface area contributed by atoms with Crippen LogP contribution in [-0.2, 0) is 11.2 Å². The molecule has 1 N–H and O–H groups in total. The Bertz CT molecular complexity index is 1790. The standard InChI is InChI=1S/C37H38FN3O3/c1-36-18-23-20-40-41(26-10-8-25(38)9-11-26)31(23)17-24(36)7-12-28-29-13-14-30(37(29,2)19-32(42)34(28)36)33(43)21-44-35-27-6-4-3-5-22(27)15-16-39-35/h3-6,8-11,15-17,20,28-30,32,34,42H,7,12-14,18-19,21H2,1-2H3. The van der Waals surface area contributed by atoms with Crippen LogP contribution in [0.5, 0.6) is 5.88 Å². The highest BCUT2D eigenvalue weighted by atomic mass is 19.1. The van der Waals surface area contributed by atoms with Crippen LogP contribution in [0.2, 0.25) is 0 Å². The second-order valence-electron chi connectivity index (χ2n) is 14.0. The lowest BCUT2D eigenvalue weighted by molar-refractivity contribution is -0.143. The molecular formula is C37H38FN3O3. The topological polar surface area (TPSA) is 77.2 Å². The summed E-state index contributed by atoms with van der Waals surface area (Å²) in [5.41, 5.74) is 4.03. The van der Waals surface area contributed by atoms with Gasteiger partial charge in [-0.25, -0.2) is 14.1 Å². The van der Waals surface area contributed by atoms with Crippen molar-refractivity contribution in [1.29, 1.82) is 0 Å². The molecule has 226 valence electrons. The monoisotopic (exact) mass is 591 g/mol. The molecule has 0 saturated heterocycles. The SMILES string of the molecule is CC12Cc3cnn(-c4ccc(F)cc4)c3C=C1CCC1C2C(O)CC2(C)C(C(=O)COc3nccc4ccccc34)CCC12. The number of rotatable bonds is 5. The van der Waals surface area contributed by atoms with E-state index in [0.29, 0.717) is 24.1 Å². The van der Waals surface area contributed by atoms with Crippen molar-refractivity contribution in [1.82, 2.24) is 14.8 Å². The first kappa shape index (κ1) is 27.7. The number of aliphatic hydroxyl groups excluding tert-OH is 1. The number of aliphatic hydroxyl groups is 1. The maximum Gasteiger partial charge on any atom is 0.221 e. The van der Waals surface area contributed by atoms with Crippen LogP contribution in [0.3, 0.4) is 0 Å². The molecule has 0 radical (unpaired) electrons. The van der Waals surface area contributed by atoms with Crippen LogP contribution in [-0.4, -0.2) is 38.4 Å². The van der Waals surface area contributed by atoms with Crippen molar-refractivity contribution in [2.45, 2.75) is 58.5 Å². The first-order valence-corrected chi connectivity index (χ1v) is 16.0. The number of aromatic nitrogens is 3. The third-order valence-corrected chi connectivity index (χ3v) is 11.9. The van der Waals surface area contributed by atoms with Gasteiger partial charge in [0.05, 0.1) is 23.7 Å². The number of carbonyl (C=O) groups is 1. The number of hydrogen-bond donors (Lipinski definition) is 1. The Labute approximate surface area is 257 Å². The van der Waals surface area contributed by atoms with Gasteiger partial charge in [-0.2, -0.15) is 5.10 Å². The number of pyridine rings is 1. The minimum Gasteiger partial charge on any atom is -0.469 e. The van der Waals surface area contributed by atoms with Crippen LogP contribution in [0.25, 0.3) is 22.5 Å². The molecule has 44 heavy (non-hydrogen) atoms. The zero-order valence-corrected chi connectivity index (χ0v) is 25.2. The highest BCUT2D eigenvalue weighted by Gasteiger charge is 2.63. The number of carbonyl (C=O) groups excluding carboxylic acids is 1. The molecule has 2 heterocycles. The Hall–Kier alpha value is -3.84. The van der Waals surface area contributed by atoms with Gasteiger partial charge in [0.1, 0.15) is 12.4 Å². The number of benzene rings is 2. The minimum atomic E-state index is -0.488. The fourth-order valence-electron chi connectivity index (χ4n) is 9.95. The summed E-state index contributed by atoms with van der Waals surface area (Å²) in [6.07, 6.45) is 10.8. The second-order valence-corrected chi connectivity index (χ2v) is 14.0. The number of hydrogen-bond acceptors (Lipinski definition) is 5. The van der Waals surface area contributed by atoms with E-state index in [9.17, 15) is 14.3 Å². The van der Waals surface area contributed by atoms with Crippen molar-refractivity contribution >= 4 is 22.6 Å². The van der Waals surface area contributed by atoms with Gasteiger partial charge in [0.25, 0.3) is 0 Å². The summed E-state index contributed by atoms with van der Waals surface area (Å²) in [5, 5.41) is 18.6. The highest BCUT2D eigenvalue weighted by molar-refractivity contribution is 5.88.